The molecule has 48 heavy (non-hydrogen) atoms. The highest BCUT2D eigenvalue weighted by atomic mass is 31.1. The summed E-state index contributed by atoms with van der Waals surface area (Å²) in [6.45, 7) is 17.4. The minimum Gasteiger partial charge on any atom is -0.313 e. The first-order chi connectivity index (χ1) is 22.7. The minimum absolute atomic E-state index is 0.0443. The minimum atomic E-state index is -0.109. The Bertz CT molecular complexity index is 1250. The van der Waals surface area contributed by atoms with E-state index in [9.17, 15) is 0 Å². The van der Waals surface area contributed by atoms with Crippen LogP contribution in [-0.2, 0) is 22.1 Å². The molecule has 2 aliphatic heterocycles. The van der Waals surface area contributed by atoms with Crippen molar-refractivity contribution in [2.75, 3.05) is 13.1 Å². The lowest BCUT2D eigenvalue weighted by Gasteiger charge is -2.67. The monoisotopic (exact) mass is 689 g/mol. The number of rotatable bonds is 7. The molecule has 0 aromatic heterocycles. The molecular formula is C44H70N2P2. The Morgan fingerprint density at radius 3 is 1.31 bits per heavy atom. The van der Waals surface area contributed by atoms with Gasteiger partial charge in [-0.05, 0) is 201 Å². The van der Waals surface area contributed by atoms with Crippen LogP contribution < -0.4 is 10.6 Å². The molecule has 8 saturated carbocycles. The predicted molar refractivity (Wildman–Crippen MR) is 210 cm³/mol. The van der Waals surface area contributed by atoms with Gasteiger partial charge >= 0.3 is 0 Å². The number of hydrogen-bond acceptors (Lipinski definition) is 2. The molecule has 0 radical (unpaired) electrons. The first-order valence-corrected chi connectivity index (χ1v) is 23.1. The molecule has 8 aliphatic carbocycles. The van der Waals surface area contributed by atoms with E-state index in [0.717, 1.165) is 35.5 Å². The highest BCUT2D eigenvalue weighted by Gasteiger charge is 2.63. The van der Waals surface area contributed by atoms with Gasteiger partial charge in [-0.3, -0.25) is 0 Å². The Labute approximate surface area is 298 Å². The molecule has 2 N–H and O–H groups in total. The number of benzene rings is 1. The van der Waals surface area contributed by atoms with Gasteiger partial charge in [0, 0.05) is 17.2 Å². The van der Waals surface area contributed by atoms with Gasteiger partial charge in [-0.15, -0.1) is 9.24 Å². The van der Waals surface area contributed by atoms with Crippen molar-refractivity contribution in [2.45, 2.75) is 189 Å². The average molecular weight is 689 g/mol. The van der Waals surface area contributed by atoms with Gasteiger partial charge < -0.3 is 10.6 Å². The largest absolute Gasteiger partial charge is 0.313 e. The van der Waals surface area contributed by atoms with E-state index in [1.54, 1.807) is 93.7 Å². The molecule has 8 bridgehead atoms. The Hall–Kier alpha value is 0. The van der Waals surface area contributed by atoms with Crippen LogP contribution in [0.1, 0.15) is 167 Å². The van der Waals surface area contributed by atoms with Crippen molar-refractivity contribution >= 4 is 17.2 Å². The first kappa shape index (κ1) is 33.8. The van der Waals surface area contributed by atoms with Crippen molar-refractivity contribution in [1.29, 1.82) is 0 Å². The van der Waals surface area contributed by atoms with E-state index in [1.165, 1.54) is 44.9 Å². The second-order valence-electron chi connectivity index (χ2n) is 21.7. The van der Waals surface area contributed by atoms with E-state index in [2.05, 4.69) is 73.5 Å². The van der Waals surface area contributed by atoms with E-state index in [1.807, 2.05) is 5.56 Å². The second-order valence-corrected chi connectivity index (χ2v) is 25.7. The molecule has 1 aromatic carbocycles. The number of hydrogen-bond donors (Lipinski definition) is 2. The molecule has 0 amide bonds. The number of nitrogens with one attached hydrogen (secondary N) is 2. The van der Waals surface area contributed by atoms with Crippen LogP contribution in [0.5, 0.6) is 0 Å². The summed E-state index contributed by atoms with van der Waals surface area (Å²) >= 11 is 0. The third-order valence-corrected chi connectivity index (χ3v) is 21.2. The highest BCUT2D eigenvalue weighted by Crippen LogP contribution is 2.80. The van der Waals surface area contributed by atoms with Crippen LogP contribution in [0, 0.1) is 35.5 Å². The highest BCUT2D eigenvalue weighted by molar-refractivity contribution is 7.60. The SMILES string of the molecule is CC(C)(C)c1cc(CP(C23CC4CC(CC(C4)C2)C3)C23CC4CC(CC(C4)C2)C3)c(C(P)(C2CCCN2)C2CCCN2)cc1C(C)(C)C. The fourth-order valence-corrected chi connectivity index (χ4v) is 21.0. The van der Waals surface area contributed by atoms with Gasteiger partial charge in [0.15, 0.2) is 0 Å². The Balaban J connectivity index is 1.24. The maximum atomic E-state index is 4.12. The molecule has 10 aliphatic rings. The fourth-order valence-electron chi connectivity index (χ4n) is 15.0. The van der Waals surface area contributed by atoms with Crippen LogP contribution in [0.4, 0.5) is 0 Å². The van der Waals surface area contributed by atoms with E-state index < -0.39 is 0 Å². The molecule has 10 fully saturated rings. The van der Waals surface area contributed by atoms with Crippen LogP contribution >= 0.6 is 17.2 Å². The van der Waals surface area contributed by atoms with Crippen molar-refractivity contribution in [3.8, 4) is 0 Å². The standard InChI is InChI=1S/C44H70N2P2/c1-40(2,3)36-19-34(35(20-37(36)41(4,5)6)44(47,38-9-7-11-45-38)39-10-8-12-46-39)27-48(42-21-28-13-29(22-42)15-30(14-28)23-42)43-24-31-16-32(25-43)18-33(17-31)26-43/h19-20,28-33,38-39,45-46H,7-18,21-27,47H2,1-6H3. The van der Waals surface area contributed by atoms with Gasteiger partial charge in [0.05, 0.1) is 0 Å². The zero-order chi connectivity index (χ0) is 33.3. The van der Waals surface area contributed by atoms with E-state index in [4.69, 9.17) is 0 Å². The smallest absolute Gasteiger partial charge is 0.0405 e. The summed E-state index contributed by atoms with van der Waals surface area (Å²) in [5.74, 6) is 6.30. The van der Waals surface area contributed by atoms with E-state index in [0.29, 0.717) is 22.4 Å². The van der Waals surface area contributed by atoms with Crippen molar-refractivity contribution < 1.29 is 0 Å². The topological polar surface area (TPSA) is 24.1 Å². The Morgan fingerprint density at radius 2 is 0.979 bits per heavy atom. The van der Waals surface area contributed by atoms with Gasteiger partial charge in [0.2, 0.25) is 0 Å². The summed E-state index contributed by atoms with van der Waals surface area (Å²) < 4.78 is 0. The summed E-state index contributed by atoms with van der Waals surface area (Å²) in [6.07, 6.45) is 25.8. The summed E-state index contributed by atoms with van der Waals surface area (Å²) in [6, 6.07) is 6.80. The van der Waals surface area contributed by atoms with Crippen molar-refractivity contribution in [3.05, 3.63) is 34.4 Å². The summed E-state index contributed by atoms with van der Waals surface area (Å²) in [7, 11) is 3.53. The maximum Gasteiger partial charge on any atom is 0.0405 e. The lowest BCUT2D eigenvalue weighted by Crippen LogP contribution is -2.57. The molecule has 0 spiro atoms. The van der Waals surface area contributed by atoms with Crippen molar-refractivity contribution in [3.63, 3.8) is 0 Å². The molecule has 3 unspecified atom stereocenters. The zero-order valence-electron chi connectivity index (χ0n) is 31.7. The molecule has 11 rings (SSSR count). The van der Waals surface area contributed by atoms with Crippen LogP contribution in [-0.4, -0.2) is 35.5 Å². The lowest BCUT2D eigenvalue weighted by atomic mass is 9.55. The van der Waals surface area contributed by atoms with E-state index >= 15 is 0 Å². The molecule has 3 atom stereocenters. The van der Waals surface area contributed by atoms with E-state index in [-0.39, 0.29) is 23.9 Å². The quantitative estimate of drug-likeness (QED) is 0.279. The van der Waals surface area contributed by atoms with Gasteiger partial charge in [-0.2, -0.15) is 0 Å². The molecule has 1 aromatic rings. The summed E-state index contributed by atoms with van der Waals surface area (Å²) in [4.78, 5) is 0. The van der Waals surface area contributed by atoms with Gasteiger partial charge in [0.1, 0.15) is 0 Å². The fraction of sp³-hybridized carbons (Fsp3) is 0.864. The van der Waals surface area contributed by atoms with Crippen LogP contribution in [0.25, 0.3) is 0 Å². The van der Waals surface area contributed by atoms with Crippen LogP contribution in [0.3, 0.4) is 0 Å². The van der Waals surface area contributed by atoms with Crippen molar-refractivity contribution in [1.82, 2.24) is 10.6 Å². The van der Waals surface area contributed by atoms with Gasteiger partial charge in [-0.25, -0.2) is 0 Å². The normalized spacial score (nSPS) is 43.6. The van der Waals surface area contributed by atoms with Crippen LogP contribution in [0.15, 0.2) is 12.1 Å². The average Bonchev–Trinajstić information content (AvgIpc) is 3.73. The lowest BCUT2D eigenvalue weighted by molar-refractivity contribution is 0.0184. The second kappa shape index (κ2) is 11.8. The Morgan fingerprint density at radius 1 is 0.604 bits per heavy atom. The molecule has 2 nitrogen and oxygen atoms in total. The molecule has 4 heteroatoms. The molecule has 266 valence electrons. The maximum absolute atomic E-state index is 4.12. The third-order valence-electron chi connectivity index (χ3n) is 16.1. The van der Waals surface area contributed by atoms with Crippen LogP contribution in [0.2, 0.25) is 0 Å². The zero-order valence-corrected chi connectivity index (χ0v) is 33.8. The summed E-state index contributed by atoms with van der Waals surface area (Å²) in [5.41, 5.74) is 7.07. The van der Waals surface area contributed by atoms with Gasteiger partial charge in [0.25, 0.3) is 0 Å². The molecule has 2 saturated heterocycles. The molecule has 2 heterocycles. The third kappa shape index (κ3) is 5.51. The predicted octanol–water partition coefficient (Wildman–Crippen LogP) is 10.8. The Kier molecular flexibility index (Phi) is 8.28. The van der Waals surface area contributed by atoms with Gasteiger partial charge in [-0.1, -0.05) is 61.6 Å². The summed E-state index contributed by atoms with van der Waals surface area (Å²) in [5, 5.41) is 9.61. The molecular weight excluding hydrogens is 618 g/mol. The first-order valence-electron chi connectivity index (χ1n) is 21.0. The van der Waals surface area contributed by atoms with Crippen molar-refractivity contribution in [2.24, 2.45) is 35.5 Å².